The lowest BCUT2D eigenvalue weighted by molar-refractivity contribution is -0.193. The Morgan fingerprint density at radius 1 is 1.12 bits per heavy atom. The van der Waals surface area contributed by atoms with Crippen molar-refractivity contribution >= 4 is 18.0 Å². The average Bonchev–Trinajstić information content (AvgIpc) is 2.58. The van der Waals surface area contributed by atoms with Crippen molar-refractivity contribution in [1.29, 1.82) is 0 Å². The predicted molar refractivity (Wildman–Crippen MR) is 83.9 cm³/mol. The quantitative estimate of drug-likeness (QED) is 0.465. The normalized spacial score (nSPS) is 20.0. The van der Waals surface area contributed by atoms with Crippen molar-refractivity contribution in [2.75, 3.05) is 6.54 Å². The highest BCUT2D eigenvalue weighted by Crippen LogP contribution is 2.15. The Balaban J connectivity index is 1.55. The number of rotatable bonds is 7. The van der Waals surface area contributed by atoms with E-state index in [-0.39, 0.29) is 6.61 Å². The number of esters is 2. The third-order valence-electron chi connectivity index (χ3n) is 3.52. The fourth-order valence-electron chi connectivity index (χ4n) is 2.18. The van der Waals surface area contributed by atoms with Crippen LogP contribution in [0.15, 0.2) is 30.3 Å². The Hall–Kier alpha value is -2.57. The van der Waals surface area contributed by atoms with Crippen LogP contribution in [0.2, 0.25) is 0 Å². The molecule has 1 N–H and O–H groups in total. The van der Waals surface area contributed by atoms with Gasteiger partial charge >= 0.3 is 18.0 Å². The molecule has 130 valence electrons. The third-order valence-corrected chi connectivity index (χ3v) is 3.52. The highest BCUT2D eigenvalue weighted by atomic mass is 16.6. The molecular formula is C17H21NO6. The molecule has 0 spiro atoms. The topological polar surface area (TPSA) is 90.9 Å². The van der Waals surface area contributed by atoms with E-state index in [2.05, 4.69) is 5.32 Å². The van der Waals surface area contributed by atoms with E-state index in [4.69, 9.17) is 14.2 Å². The summed E-state index contributed by atoms with van der Waals surface area (Å²) in [5.74, 6) is -1.04. The van der Waals surface area contributed by atoms with E-state index in [9.17, 15) is 14.4 Å². The molecule has 1 aromatic rings. The van der Waals surface area contributed by atoms with Gasteiger partial charge in [0, 0.05) is 6.54 Å². The molecule has 2 rings (SSSR count). The van der Waals surface area contributed by atoms with Crippen LogP contribution in [0.5, 0.6) is 0 Å². The summed E-state index contributed by atoms with van der Waals surface area (Å²) < 4.78 is 15.0. The van der Waals surface area contributed by atoms with Crippen molar-refractivity contribution in [3.63, 3.8) is 0 Å². The summed E-state index contributed by atoms with van der Waals surface area (Å²) in [6, 6.07) is 9.39. The first-order valence-electron chi connectivity index (χ1n) is 7.92. The van der Waals surface area contributed by atoms with Crippen molar-refractivity contribution in [2.45, 2.75) is 45.0 Å². The molecule has 0 radical (unpaired) electrons. The Bertz CT molecular complexity index is 574. The molecule has 7 nitrogen and oxygen atoms in total. The zero-order chi connectivity index (χ0) is 17.4. The SMILES string of the molecule is C[C@@H]1OC(=O)[C@H](CCCCNC(=O)OCc2ccccc2)OC1=O. The van der Waals surface area contributed by atoms with Crippen molar-refractivity contribution in [3.8, 4) is 0 Å². The zero-order valence-corrected chi connectivity index (χ0v) is 13.5. The Kier molecular flexibility index (Phi) is 6.60. The van der Waals surface area contributed by atoms with Crippen LogP contribution in [-0.4, -0.2) is 36.8 Å². The lowest BCUT2D eigenvalue weighted by Crippen LogP contribution is -2.42. The van der Waals surface area contributed by atoms with Gasteiger partial charge in [0.2, 0.25) is 0 Å². The van der Waals surface area contributed by atoms with E-state index < -0.39 is 30.2 Å². The number of nitrogens with one attached hydrogen (secondary N) is 1. The first-order chi connectivity index (χ1) is 11.6. The van der Waals surface area contributed by atoms with E-state index in [1.807, 2.05) is 30.3 Å². The molecule has 0 aliphatic carbocycles. The van der Waals surface area contributed by atoms with Gasteiger partial charge in [0.25, 0.3) is 0 Å². The minimum atomic E-state index is -0.848. The number of unbranched alkanes of at least 4 members (excludes halogenated alkanes) is 1. The number of amides is 1. The Morgan fingerprint density at radius 2 is 1.88 bits per heavy atom. The zero-order valence-electron chi connectivity index (χ0n) is 13.5. The molecule has 0 unspecified atom stereocenters. The number of carbonyl (C=O) groups is 3. The van der Waals surface area contributed by atoms with E-state index in [1.165, 1.54) is 6.92 Å². The molecule has 1 saturated heterocycles. The van der Waals surface area contributed by atoms with Crippen LogP contribution >= 0.6 is 0 Å². The van der Waals surface area contributed by atoms with Crippen molar-refractivity contribution < 1.29 is 28.6 Å². The maximum atomic E-state index is 11.6. The fourth-order valence-corrected chi connectivity index (χ4v) is 2.18. The van der Waals surface area contributed by atoms with E-state index >= 15 is 0 Å². The van der Waals surface area contributed by atoms with Crippen molar-refractivity contribution in [1.82, 2.24) is 5.32 Å². The second-order valence-corrected chi connectivity index (χ2v) is 5.49. The van der Waals surface area contributed by atoms with Gasteiger partial charge in [-0.25, -0.2) is 14.4 Å². The van der Waals surface area contributed by atoms with Gasteiger partial charge in [0.15, 0.2) is 12.2 Å². The van der Waals surface area contributed by atoms with E-state index in [1.54, 1.807) is 0 Å². The van der Waals surface area contributed by atoms with Crippen LogP contribution in [0, 0.1) is 0 Å². The minimum Gasteiger partial charge on any atom is -0.448 e. The summed E-state index contributed by atoms with van der Waals surface area (Å²) in [5, 5.41) is 2.63. The second kappa shape index (κ2) is 8.90. The molecule has 0 saturated carbocycles. The van der Waals surface area contributed by atoms with Gasteiger partial charge in [-0.3, -0.25) is 0 Å². The summed E-state index contributed by atoms with van der Waals surface area (Å²) in [4.78, 5) is 34.4. The van der Waals surface area contributed by atoms with E-state index in [0.29, 0.717) is 25.8 Å². The maximum Gasteiger partial charge on any atom is 0.407 e. The number of hydrogen-bond acceptors (Lipinski definition) is 6. The highest BCUT2D eigenvalue weighted by molar-refractivity contribution is 5.87. The molecule has 1 aromatic carbocycles. The van der Waals surface area contributed by atoms with Gasteiger partial charge in [-0.1, -0.05) is 30.3 Å². The van der Waals surface area contributed by atoms with Gasteiger partial charge in [-0.15, -0.1) is 0 Å². The van der Waals surface area contributed by atoms with E-state index in [0.717, 1.165) is 5.56 Å². The standard InChI is InChI=1S/C17H21NO6/c1-12-15(19)24-14(16(20)23-12)9-5-6-10-18-17(21)22-11-13-7-3-2-4-8-13/h2-4,7-8,12,14H,5-6,9-11H2,1H3,(H,18,21)/t12-,14-/m0/s1. The predicted octanol–water partition coefficient (Wildman–Crippen LogP) is 1.94. The number of benzene rings is 1. The first kappa shape index (κ1) is 17.8. The highest BCUT2D eigenvalue weighted by Gasteiger charge is 2.34. The van der Waals surface area contributed by atoms with Crippen LogP contribution < -0.4 is 5.32 Å². The Morgan fingerprint density at radius 3 is 2.62 bits per heavy atom. The van der Waals surface area contributed by atoms with Gasteiger partial charge in [0.05, 0.1) is 0 Å². The van der Waals surface area contributed by atoms with Crippen LogP contribution in [0.3, 0.4) is 0 Å². The maximum absolute atomic E-state index is 11.6. The summed E-state index contributed by atoms with van der Waals surface area (Å²) in [5.41, 5.74) is 0.916. The lowest BCUT2D eigenvalue weighted by Gasteiger charge is -2.25. The molecule has 1 fully saturated rings. The molecular weight excluding hydrogens is 314 g/mol. The summed E-state index contributed by atoms with van der Waals surface area (Å²) in [6.45, 7) is 2.11. The second-order valence-electron chi connectivity index (χ2n) is 5.49. The van der Waals surface area contributed by atoms with Crippen molar-refractivity contribution in [2.24, 2.45) is 0 Å². The molecule has 1 aliphatic heterocycles. The van der Waals surface area contributed by atoms with Gasteiger partial charge in [-0.05, 0) is 31.7 Å². The smallest absolute Gasteiger partial charge is 0.407 e. The number of cyclic esters (lactones) is 2. The molecule has 0 bridgehead atoms. The van der Waals surface area contributed by atoms with Gasteiger partial charge < -0.3 is 19.5 Å². The van der Waals surface area contributed by atoms with Crippen LogP contribution in [0.25, 0.3) is 0 Å². The summed E-state index contributed by atoms with van der Waals surface area (Å²) >= 11 is 0. The lowest BCUT2D eigenvalue weighted by atomic mass is 10.1. The third kappa shape index (κ3) is 5.57. The van der Waals surface area contributed by atoms with Crippen molar-refractivity contribution in [3.05, 3.63) is 35.9 Å². The molecule has 1 heterocycles. The number of alkyl carbamates (subject to hydrolysis) is 1. The molecule has 0 aromatic heterocycles. The first-order valence-corrected chi connectivity index (χ1v) is 7.92. The van der Waals surface area contributed by atoms with Crippen LogP contribution in [0.4, 0.5) is 4.79 Å². The molecule has 7 heteroatoms. The van der Waals surface area contributed by atoms with Crippen LogP contribution in [-0.2, 0) is 30.4 Å². The van der Waals surface area contributed by atoms with Crippen LogP contribution in [0.1, 0.15) is 31.7 Å². The minimum absolute atomic E-state index is 0.217. The monoisotopic (exact) mass is 335 g/mol. The fraction of sp³-hybridized carbons (Fsp3) is 0.471. The molecule has 1 aliphatic rings. The number of carbonyl (C=O) groups excluding carboxylic acids is 3. The molecule has 24 heavy (non-hydrogen) atoms. The number of ether oxygens (including phenoxy) is 3. The largest absolute Gasteiger partial charge is 0.448 e. The summed E-state index contributed by atoms with van der Waals surface area (Å²) in [6.07, 6.45) is -0.555. The summed E-state index contributed by atoms with van der Waals surface area (Å²) in [7, 11) is 0. The number of hydrogen-bond donors (Lipinski definition) is 1. The Labute approximate surface area is 140 Å². The average molecular weight is 335 g/mol. The molecule has 1 amide bonds. The van der Waals surface area contributed by atoms with Gasteiger partial charge in [0.1, 0.15) is 6.61 Å². The molecule has 2 atom stereocenters. The van der Waals surface area contributed by atoms with Gasteiger partial charge in [-0.2, -0.15) is 0 Å².